The minimum absolute atomic E-state index is 0.135. The van der Waals surface area contributed by atoms with Crippen LogP contribution in [0.1, 0.15) is 5.56 Å². The van der Waals surface area contributed by atoms with Crippen molar-refractivity contribution in [2.45, 2.75) is 6.54 Å². The number of hydrogen-bond donors (Lipinski definition) is 2. The van der Waals surface area contributed by atoms with E-state index in [1.165, 1.54) is 12.0 Å². The molecule has 0 aliphatic carbocycles. The van der Waals surface area contributed by atoms with Crippen molar-refractivity contribution < 1.29 is 9.15 Å². The van der Waals surface area contributed by atoms with E-state index in [9.17, 15) is 0 Å². The van der Waals surface area contributed by atoms with E-state index < -0.39 is 0 Å². The molecule has 0 bridgehead atoms. The molecule has 3 N–H and O–H groups in total. The molecule has 0 unspecified atom stereocenters. The number of nitrogens with two attached hydrogens (primary N) is 1. The Morgan fingerprint density at radius 3 is 3.00 bits per heavy atom. The van der Waals surface area contributed by atoms with Gasteiger partial charge in [0.2, 0.25) is 0 Å². The van der Waals surface area contributed by atoms with Crippen LogP contribution in [0.15, 0.2) is 29.0 Å². The Kier molecular flexibility index (Phi) is 3.03. The second kappa shape index (κ2) is 4.68. The Morgan fingerprint density at radius 2 is 2.28 bits per heavy atom. The molecule has 1 aromatic heterocycles. The van der Waals surface area contributed by atoms with E-state index in [-0.39, 0.29) is 5.41 Å². The summed E-state index contributed by atoms with van der Waals surface area (Å²) >= 11 is 0. The minimum Gasteiger partial charge on any atom is -0.443 e. The van der Waals surface area contributed by atoms with E-state index >= 15 is 0 Å². The SMILES string of the molecule is NCC1(CNCc2ccc3ncoc3c2)COC1. The van der Waals surface area contributed by atoms with Gasteiger partial charge in [-0.05, 0) is 17.7 Å². The van der Waals surface area contributed by atoms with Gasteiger partial charge >= 0.3 is 0 Å². The molecule has 3 rings (SSSR count). The molecule has 1 saturated heterocycles. The van der Waals surface area contributed by atoms with Crippen molar-refractivity contribution in [2.75, 3.05) is 26.3 Å². The first-order valence-electron chi connectivity index (χ1n) is 6.12. The topological polar surface area (TPSA) is 73.3 Å². The second-order valence-electron chi connectivity index (χ2n) is 4.95. The summed E-state index contributed by atoms with van der Waals surface area (Å²) in [5, 5.41) is 3.43. The van der Waals surface area contributed by atoms with Crippen LogP contribution in [0.2, 0.25) is 0 Å². The number of oxazole rings is 1. The molecule has 18 heavy (non-hydrogen) atoms. The van der Waals surface area contributed by atoms with Crippen LogP contribution in [0.25, 0.3) is 11.1 Å². The van der Waals surface area contributed by atoms with Crippen molar-refractivity contribution in [3.8, 4) is 0 Å². The molecule has 0 amide bonds. The Morgan fingerprint density at radius 1 is 1.39 bits per heavy atom. The van der Waals surface area contributed by atoms with Gasteiger partial charge in [-0.25, -0.2) is 4.98 Å². The van der Waals surface area contributed by atoms with E-state index in [0.29, 0.717) is 6.54 Å². The predicted molar refractivity (Wildman–Crippen MR) is 68.0 cm³/mol. The maximum atomic E-state index is 5.77. The predicted octanol–water partition coefficient (Wildman–Crippen LogP) is 0.893. The van der Waals surface area contributed by atoms with Crippen molar-refractivity contribution in [2.24, 2.45) is 11.1 Å². The van der Waals surface area contributed by atoms with Crippen LogP contribution in [-0.2, 0) is 11.3 Å². The number of rotatable bonds is 5. The van der Waals surface area contributed by atoms with Gasteiger partial charge in [0, 0.05) is 25.0 Å². The second-order valence-corrected chi connectivity index (χ2v) is 4.95. The van der Waals surface area contributed by atoms with E-state index in [4.69, 9.17) is 14.9 Å². The van der Waals surface area contributed by atoms with Crippen LogP contribution in [0.5, 0.6) is 0 Å². The quantitative estimate of drug-likeness (QED) is 0.821. The lowest BCUT2D eigenvalue weighted by Gasteiger charge is -2.40. The number of hydrogen-bond acceptors (Lipinski definition) is 5. The molecule has 0 radical (unpaired) electrons. The lowest BCUT2D eigenvalue weighted by atomic mass is 9.86. The fraction of sp³-hybridized carbons (Fsp3) is 0.462. The third kappa shape index (κ3) is 2.12. The molecular formula is C13H17N3O2. The summed E-state index contributed by atoms with van der Waals surface area (Å²) in [6.07, 6.45) is 1.47. The van der Waals surface area contributed by atoms with Gasteiger partial charge in [-0.2, -0.15) is 0 Å². The summed E-state index contributed by atoms with van der Waals surface area (Å²) in [6.45, 7) is 3.88. The Bertz CT molecular complexity index is 528. The van der Waals surface area contributed by atoms with Crippen LogP contribution >= 0.6 is 0 Å². The van der Waals surface area contributed by atoms with Gasteiger partial charge in [0.25, 0.3) is 0 Å². The highest BCUT2D eigenvalue weighted by Gasteiger charge is 2.36. The molecule has 2 heterocycles. The van der Waals surface area contributed by atoms with Gasteiger partial charge in [-0.1, -0.05) is 6.07 Å². The van der Waals surface area contributed by atoms with Gasteiger partial charge in [0.1, 0.15) is 5.52 Å². The largest absolute Gasteiger partial charge is 0.443 e. The number of aromatic nitrogens is 1. The van der Waals surface area contributed by atoms with Gasteiger partial charge < -0.3 is 20.2 Å². The molecular weight excluding hydrogens is 230 g/mol. The van der Waals surface area contributed by atoms with E-state index in [0.717, 1.165) is 37.4 Å². The van der Waals surface area contributed by atoms with Gasteiger partial charge in [-0.3, -0.25) is 0 Å². The molecule has 0 spiro atoms. The fourth-order valence-electron chi connectivity index (χ4n) is 2.16. The monoisotopic (exact) mass is 247 g/mol. The van der Waals surface area contributed by atoms with Crippen molar-refractivity contribution in [3.05, 3.63) is 30.2 Å². The molecule has 0 atom stereocenters. The summed E-state index contributed by atoms with van der Waals surface area (Å²) in [5.74, 6) is 0. The zero-order valence-corrected chi connectivity index (χ0v) is 10.2. The molecule has 1 aliphatic heterocycles. The molecule has 96 valence electrons. The zero-order chi connectivity index (χ0) is 12.4. The number of ether oxygens (including phenoxy) is 1. The molecule has 2 aromatic rings. The highest BCUT2D eigenvalue weighted by Crippen LogP contribution is 2.25. The standard InChI is InChI=1S/C13H17N3O2/c14-5-13(7-17-8-13)6-15-4-10-1-2-11-12(3-10)18-9-16-11/h1-3,9,15H,4-8,14H2. The summed E-state index contributed by atoms with van der Waals surface area (Å²) < 4.78 is 10.5. The number of nitrogens with zero attached hydrogens (tertiary/aromatic N) is 1. The lowest BCUT2D eigenvalue weighted by Crippen LogP contribution is -2.54. The van der Waals surface area contributed by atoms with Crippen LogP contribution in [0, 0.1) is 5.41 Å². The molecule has 1 fully saturated rings. The number of nitrogens with one attached hydrogen (secondary N) is 1. The van der Waals surface area contributed by atoms with Crippen molar-refractivity contribution in [1.29, 1.82) is 0 Å². The van der Waals surface area contributed by atoms with Crippen molar-refractivity contribution in [3.63, 3.8) is 0 Å². The maximum Gasteiger partial charge on any atom is 0.181 e. The number of fused-ring (bicyclic) bond motifs is 1. The highest BCUT2D eigenvalue weighted by atomic mass is 16.5. The van der Waals surface area contributed by atoms with Crippen LogP contribution in [0.4, 0.5) is 0 Å². The van der Waals surface area contributed by atoms with Gasteiger partial charge in [0.05, 0.1) is 13.2 Å². The van der Waals surface area contributed by atoms with Crippen LogP contribution in [-0.4, -0.2) is 31.3 Å². The fourth-order valence-corrected chi connectivity index (χ4v) is 2.16. The Labute approximate surface area is 105 Å². The molecule has 1 aliphatic rings. The van der Waals surface area contributed by atoms with Gasteiger partial charge in [0.15, 0.2) is 12.0 Å². The lowest BCUT2D eigenvalue weighted by molar-refractivity contribution is -0.105. The van der Waals surface area contributed by atoms with E-state index in [1.807, 2.05) is 12.1 Å². The molecule has 5 nitrogen and oxygen atoms in total. The first kappa shape index (κ1) is 11.6. The third-order valence-corrected chi connectivity index (χ3v) is 3.47. The Balaban J connectivity index is 1.59. The minimum atomic E-state index is 0.135. The third-order valence-electron chi connectivity index (χ3n) is 3.47. The first-order valence-corrected chi connectivity index (χ1v) is 6.12. The number of benzene rings is 1. The average molecular weight is 247 g/mol. The van der Waals surface area contributed by atoms with Crippen molar-refractivity contribution in [1.82, 2.24) is 10.3 Å². The summed E-state index contributed by atoms with van der Waals surface area (Å²) in [6, 6.07) is 6.05. The first-order chi connectivity index (χ1) is 8.81. The highest BCUT2D eigenvalue weighted by molar-refractivity contribution is 5.72. The molecule has 0 saturated carbocycles. The van der Waals surface area contributed by atoms with Crippen LogP contribution in [0.3, 0.4) is 0 Å². The van der Waals surface area contributed by atoms with Gasteiger partial charge in [-0.15, -0.1) is 0 Å². The zero-order valence-electron chi connectivity index (χ0n) is 10.2. The maximum absolute atomic E-state index is 5.77. The Hall–Kier alpha value is -1.43. The summed E-state index contributed by atoms with van der Waals surface area (Å²) in [5.41, 5.74) is 8.81. The normalized spacial score (nSPS) is 17.8. The van der Waals surface area contributed by atoms with E-state index in [2.05, 4.69) is 16.4 Å². The summed E-state index contributed by atoms with van der Waals surface area (Å²) in [4.78, 5) is 4.09. The smallest absolute Gasteiger partial charge is 0.181 e. The average Bonchev–Trinajstić information content (AvgIpc) is 2.80. The summed E-state index contributed by atoms with van der Waals surface area (Å²) in [7, 11) is 0. The van der Waals surface area contributed by atoms with E-state index in [1.54, 1.807) is 0 Å². The molecule has 5 heteroatoms. The van der Waals surface area contributed by atoms with Crippen LogP contribution < -0.4 is 11.1 Å². The van der Waals surface area contributed by atoms with Crippen molar-refractivity contribution >= 4 is 11.1 Å². The molecule has 1 aromatic carbocycles.